The summed E-state index contributed by atoms with van der Waals surface area (Å²) < 4.78 is 0. The molecule has 1 heterocycles. The molecule has 0 aliphatic carbocycles. The van der Waals surface area contributed by atoms with Gasteiger partial charge >= 0.3 is 0 Å². The van der Waals surface area contributed by atoms with Crippen molar-refractivity contribution in [1.82, 2.24) is 4.98 Å². The number of nitrogens with zero attached hydrogens (tertiary/aromatic N) is 1. The number of benzene rings is 1. The minimum atomic E-state index is -0.662. The normalized spacial score (nSPS) is 11.7. The van der Waals surface area contributed by atoms with E-state index >= 15 is 0 Å². The first-order valence-corrected chi connectivity index (χ1v) is 7.19. The van der Waals surface area contributed by atoms with Gasteiger partial charge in [-0.1, -0.05) is 11.6 Å². The number of hydrogen-bond acceptors (Lipinski definition) is 2. The number of pyridine rings is 1. The molecule has 1 amide bonds. The maximum Gasteiger partial charge on any atom is 0.231 e. The number of carbonyl (C=O) groups excluding carboxylic acids is 1. The first kappa shape index (κ1) is 15.1. The van der Waals surface area contributed by atoms with Crippen LogP contribution in [0, 0.1) is 12.3 Å². The Morgan fingerprint density at radius 3 is 2.80 bits per heavy atom. The SMILES string of the molecule is Cc1cc(Cl)c(NC(=O)C(C)(C)CCl)c2cccnc12. The van der Waals surface area contributed by atoms with Gasteiger partial charge in [-0.15, -0.1) is 11.6 Å². The quantitative estimate of drug-likeness (QED) is 0.854. The van der Waals surface area contributed by atoms with E-state index in [9.17, 15) is 4.79 Å². The molecule has 2 aromatic rings. The number of rotatable bonds is 3. The number of alkyl halides is 1. The van der Waals surface area contributed by atoms with Gasteiger partial charge in [-0.2, -0.15) is 0 Å². The van der Waals surface area contributed by atoms with E-state index < -0.39 is 5.41 Å². The summed E-state index contributed by atoms with van der Waals surface area (Å²) in [7, 11) is 0. The fourth-order valence-corrected chi connectivity index (χ4v) is 2.29. The Balaban J connectivity index is 2.53. The van der Waals surface area contributed by atoms with Crippen LogP contribution in [0.25, 0.3) is 10.9 Å². The molecule has 0 fully saturated rings. The van der Waals surface area contributed by atoms with Crippen molar-refractivity contribution < 1.29 is 4.79 Å². The van der Waals surface area contributed by atoms with E-state index in [0.29, 0.717) is 10.7 Å². The minimum absolute atomic E-state index is 0.164. The van der Waals surface area contributed by atoms with E-state index in [0.717, 1.165) is 16.5 Å². The van der Waals surface area contributed by atoms with Crippen LogP contribution in [-0.4, -0.2) is 16.8 Å². The fraction of sp³-hybridized carbons (Fsp3) is 0.333. The molecule has 1 aromatic carbocycles. The van der Waals surface area contributed by atoms with Crippen molar-refractivity contribution in [1.29, 1.82) is 0 Å². The highest BCUT2D eigenvalue weighted by molar-refractivity contribution is 6.35. The van der Waals surface area contributed by atoms with E-state index in [-0.39, 0.29) is 11.8 Å². The first-order valence-electron chi connectivity index (χ1n) is 6.28. The van der Waals surface area contributed by atoms with Gasteiger partial charge in [0.1, 0.15) is 0 Å². The van der Waals surface area contributed by atoms with Crippen LogP contribution in [-0.2, 0) is 4.79 Å². The third kappa shape index (κ3) is 2.74. The van der Waals surface area contributed by atoms with Crippen molar-refractivity contribution in [3.05, 3.63) is 35.0 Å². The van der Waals surface area contributed by atoms with E-state index in [2.05, 4.69) is 10.3 Å². The van der Waals surface area contributed by atoms with Gasteiger partial charge in [0, 0.05) is 17.5 Å². The first-order chi connectivity index (χ1) is 9.36. The standard InChI is InChI=1S/C15H16Cl2N2O/c1-9-7-11(17)13(10-5-4-6-18-12(9)10)19-14(20)15(2,3)8-16/h4-7H,8H2,1-3H3,(H,19,20). The Morgan fingerprint density at radius 2 is 2.15 bits per heavy atom. The maximum atomic E-state index is 12.3. The molecule has 2 rings (SSSR count). The second-order valence-corrected chi connectivity index (χ2v) is 6.10. The van der Waals surface area contributed by atoms with Gasteiger partial charge in [0.25, 0.3) is 0 Å². The van der Waals surface area contributed by atoms with Crippen LogP contribution in [0.5, 0.6) is 0 Å². The molecule has 0 bridgehead atoms. The summed E-state index contributed by atoms with van der Waals surface area (Å²) in [6.07, 6.45) is 1.72. The number of hydrogen-bond donors (Lipinski definition) is 1. The van der Waals surface area contributed by atoms with E-state index in [1.165, 1.54) is 0 Å². The molecular weight excluding hydrogens is 295 g/mol. The zero-order valence-electron chi connectivity index (χ0n) is 11.6. The lowest BCUT2D eigenvalue weighted by atomic mass is 9.95. The number of anilines is 1. The Kier molecular flexibility index (Phi) is 4.21. The molecule has 0 spiro atoms. The largest absolute Gasteiger partial charge is 0.324 e. The third-order valence-corrected chi connectivity index (χ3v) is 4.19. The zero-order chi connectivity index (χ0) is 14.9. The molecule has 0 atom stereocenters. The average Bonchev–Trinajstić information content (AvgIpc) is 2.43. The maximum absolute atomic E-state index is 12.3. The zero-order valence-corrected chi connectivity index (χ0v) is 13.1. The van der Waals surface area contributed by atoms with Crippen LogP contribution >= 0.6 is 23.2 Å². The van der Waals surface area contributed by atoms with Gasteiger partial charge in [0.2, 0.25) is 5.91 Å². The smallest absolute Gasteiger partial charge is 0.231 e. The van der Waals surface area contributed by atoms with E-state index in [4.69, 9.17) is 23.2 Å². The molecule has 0 saturated heterocycles. The Bertz CT molecular complexity index is 668. The van der Waals surface area contributed by atoms with Crippen LogP contribution in [0.2, 0.25) is 5.02 Å². The van der Waals surface area contributed by atoms with Gasteiger partial charge in [-0.3, -0.25) is 9.78 Å². The van der Waals surface area contributed by atoms with Crippen molar-refractivity contribution in [2.24, 2.45) is 5.41 Å². The van der Waals surface area contributed by atoms with Crippen molar-refractivity contribution in [2.75, 3.05) is 11.2 Å². The summed E-state index contributed by atoms with van der Waals surface area (Å²) in [6, 6.07) is 5.52. The molecule has 5 heteroatoms. The highest BCUT2D eigenvalue weighted by Gasteiger charge is 2.27. The van der Waals surface area contributed by atoms with Gasteiger partial charge < -0.3 is 5.32 Å². The minimum Gasteiger partial charge on any atom is -0.324 e. The molecular formula is C15H16Cl2N2O. The second kappa shape index (κ2) is 5.58. The summed E-state index contributed by atoms with van der Waals surface area (Å²) in [4.78, 5) is 16.6. The predicted octanol–water partition coefficient (Wildman–Crippen LogP) is 4.40. The molecule has 0 aliphatic rings. The highest BCUT2D eigenvalue weighted by atomic mass is 35.5. The number of nitrogens with one attached hydrogen (secondary N) is 1. The fourth-order valence-electron chi connectivity index (χ4n) is 1.85. The van der Waals surface area contributed by atoms with Crippen molar-refractivity contribution in [2.45, 2.75) is 20.8 Å². The summed E-state index contributed by atoms with van der Waals surface area (Å²) in [6.45, 7) is 5.52. The predicted molar refractivity (Wildman–Crippen MR) is 84.6 cm³/mol. The van der Waals surface area contributed by atoms with E-state index in [1.54, 1.807) is 26.1 Å². The van der Waals surface area contributed by atoms with Crippen molar-refractivity contribution in [3.8, 4) is 0 Å². The third-order valence-electron chi connectivity index (χ3n) is 3.22. The molecule has 3 nitrogen and oxygen atoms in total. The van der Waals surface area contributed by atoms with Gasteiger partial charge in [-0.25, -0.2) is 0 Å². The van der Waals surface area contributed by atoms with Crippen molar-refractivity contribution in [3.63, 3.8) is 0 Å². The van der Waals surface area contributed by atoms with Crippen LogP contribution in [0.4, 0.5) is 5.69 Å². The molecule has 0 radical (unpaired) electrons. The Morgan fingerprint density at radius 1 is 1.45 bits per heavy atom. The topological polar surface area (TPSA) is 42.0 Å². The Labute approximate surface area is 128 Å². The number of fused-ring (bicyclic) bond motifs is 1. The lowest BCUT2D eigenvalue weighted by molar-refractivity contribution is -0.122. The van der Waals surface area contributed by atoms with Gasteiger partial charge in [0.15, 0.2) is 0 Å². The molecule has 0 saturated carbocycles. The molecule has 20 heavy (non-hydrogen) atoms. The number of halogens is 2. The summed E-state index contributed by atoms with van der Waals surface area (Å²) in [5.74, 6) is 0.0711. The van der Waals surface area contributed by atoms with Crippen LogP contribution in [0.3, 0.4) is 0 Å². The highest BCUT2D eigenvalue weighted by Crippen LogP contribution is 2.33. The molecule has 106 valence electrons. The molecule has 0 aliphatic heterocycles. The molecule has 1 aromatic heterocycles. The van der Waals surface area contributed by atoms with Crippen molar-refractivity contribution >= 4 is 45.7 Å². The number of aromatic nitrogens is 1. The number of amides is 1. The second-order valence-electron chi connectivity index (χ2n) is 5.42. The van der Waals surface area contributed by atoms with E-state index in [1.807, 2.05) is 19.1 Å². The molecule has 0 unspecified atom stereocenters. The summed E-state index contributed by atoms with van der Waals surface area (Å²) in [5, 5.41) is 4.21. The number of aryl methyl sites for hydroxylation is 1. The summed E-state index contributed by atoms with van der Waals surface area (Å²) in [5.41, 5.74) is 1.73. The van der Waals surface area contributed by atoms with Crippen LogP contribution in [0.15, 0.2) is 24.4 Å². The summed E-state index contributed by atoms with van der Waals surface area (Å²) >= 11 is 12.1. The number of carbonyl (C=O) groups is 1. The lowest BCUT2D eigenvalue weighted by Crippen LogP contribution is -2.32. The Hall–Kier alpha value is -1.32. The monoisotopic (exact) mass is 310 g/mol. The van der Waals surface area contributed by atoms with Gasteiger partial charge in [-0.05, 0) is 44.5 Å². The van der Waals surface area contributed by atoms with Gasteiger partial charge in [0.05, 0.1) is 21.6 Å². The lowest BCUT2D eigenvalue weighted by Gasteiger charge is -2.21. The molecule has 1 N–H and O–H groups in total. The van der Waals surface area contributed by atoms with Crippen LogP contribution < -0.4 is 5.32 Å². The van der Waals surface area contributed by atoms with Crippen LogP contribution in [0.1, 0.15) is 19.4 Å². The average molecular weight is 311 g/mol.